The van der Waals surface area contributed by atoms with Gasteiger partial charge in [-0.1, -0.05) is 5.16 Å². The molecule has 1 aliphatic rings. The molecule has 0 aliphatic carbocycles. The molecule has 0 radical (unpaired) electrons. The third-order valence-electron chi connectivity index (χ3n) is 3.11. The highest BCUT2D eigenvalue weighted by molar-refractivity contribution is 7.87. The first-order valence-electron chi connectivity index (χ1n) is 7.14. The smallest absolute Gasteiger partial charge is 0.277 e. The summed E-state index contributed by atoms with van der Waals surface area (Å²) in [7, 11) is -2.18. The molecule has 0 spiro atoms. The molecule has 128 valence electrons. The van der Waals surface area contributed by atoms with Crippen molar-refractivity contribution in [3.05, 3.63) is 29.6 Å². The van der Waals surface area contributed by atoms with E-state index in [1.807, 2.05) is 0 Å². The lowest BCUT2D eigenvalue weighted by atomic mass is 10.0. The van der Waals surface area contributed by atoms with Crippen LogP contribution in [0.1, 0.15) is 25.8 Å². The summed E-state index contributed by atoms with van der Waals surface area (Å²) in [4.78, 5) is 5.20. The highest BCUT2D eigenvalue weighted by Crippen LogP contribution is 2.22. The predicted octanol–water partition coefficient (Wildman–Crippen LogP) is 1.16. The van der Waals surface area contributed by atoms with Gasteiger partial charge in [0.15, 0.2) is 11.6 Å². The molecule has 1 heterocycles. The maximum Gasteiger partial charge on any atom is 0.277 e. The number of rotatable bonds is 7. The van der Waals surface area contributed by atoms with Crippen LogP contribution >= 0.6 is 0 Å². The van der Waals surface area contributed by atoms with Crippen LogP contribution in [0, 0.1) is 5.82 Å². The lowest BCUT2D eigenvalue weighted by molar-refractivity contribution is 0.0890. The normalized spacial score (nSPS) is 18.0. The van der Waals surface area contributed by atoms with Crippen molar-refractivity contribution >= 4 is 15.9 Å². The average Bonchev–Trinajstić information content (AvgIpc) is 2.93. The van der Waals surface area contributed by atoms with Crippen molar-refractivity contribution in [2.45, 2.75) is 32.4 Å². The van der Waals surface area contributed by atoms with Crippen LogP contribution in [0.15, 0.2) is 23.4 Å². The van der Waals surface area contributed by atoms with Crippen molar-refractivity contribution in [2.75, 3.05) is 13.7 Å². The lowest BCUT2D eigenvalue weighted by Gasteiger charge is -2.13. The highest BCUT2D eigenvalue weighted by atomic mass is 32.2. The molecule has 9 heteroatoms. The molecule has 0 saturated heterocycles. The average molecular weight is 345 g/mol. The van der Waals surface area contributed by atoms with Crippen LogP contribution < -0.4 is 14.2 Å². The molecular weight excluding hydrogens is 325 g/mol. The topological polar surface area (TPSA) is 89.0 Å². The van der Waals surface area contributed by atoms with Crippen LogP contribution in [0.5, 0.6) is 5.75 Å². The van der Waals surface area contributed by atoms with Crippen LogP contribution in [0.2, 0.25) is 0 Å². The van der Waals surface area contributed by atoms with Crippen LogP contribution in [0.25, 0.3) is 0 Å². The Morgan fingerprint density at radius 2 is 2.22 bits per heavy atom. The van der Waals surface area contributed by atoms with Crippen LogP contribution in [0.3, 0.4) is 0 Å². The van der Waals surface area contributed by atoms with E-state index >= 15 is 0 Å². The molecule has 23 heavy (non-hydrogen) atoms. The zero-order chi connectivity index (χ0) is 17.0. The summed E-state index contributed by atoms with van der Waals surface area (Å²) in [6.45, 7) is 3.53. The Kier molecular flexibility index (Phi) is 5.55. The monoisotopic (exact) mass is 345 g/mol. The molecule has 1 aromatic rings. The van der Waals surface area contributed by atoms with Gasteiger partial charge in [-0.2, -0.15) is 17.9 Å². The standard InChI is InChI=1S/C14H20FN3O4S/c1-9(2)18-23(19,20)16-8-11-7-13(17-22-11)10-4-5-14(21-3)12(15)6-10/h4-6,9,11,16,18H,7-8H2,1-3H3/t11-/m1/s1. The van der Waals surface area contributed by atoms with Crippen molar-refractivity contribution in [1.82, 2.24) is 9.44 Å². The number of hydrogen-bond acceptors (Lipinski definition) is 5. The van der Waals surface area contributed by atoms with Crippen molar-refractivity contribution in [1.29, 1.82) is 0 Å². The van der Waals surface area contributed by atoms with E-state index in [2.05, 4.69) is 14.6 Å². The summed E-state index contributed by atoms with van der Waals surface area (Å²) in [5, 5.41) is 3.90. The highest BCUT2D eigenvalue weighted by Gasteiger charge is 2.24. The van der Waals surface area contributed by atoms with E-state index in [1.165, 1.54) is 19.2 Å². The van der Waals surface area contributed by atoms with Gasteiger partial charge in [0.05, 0.1) is 19.4 Å². The van der Waals surface area contributed by atoms with Crippen molar-refractivity contribution < 1.29 is 22.4 Å². The third kappa shape index (κ3) is 4.88. The molecule has 0 fully saturated rings. The summed E-state index contributed by atoms with van der Waals surface area (Å²) in [5.74, 6) is -0.338. The number of nitrogens with one attached hydrogen (secondary N) is 2. The minimum atomic E-state index is -3.57. The zero-order valence-corrected chi connectivity index (χ0v) is 14.0. The number of methoxy groups -OCH3 is 1. The minimum Gasteiger partial charge on any atom is -0.494 e. The van der Waals surface area contributed by atoms with Gasteiger partial charge in [0.1, 0.15) is 6.10 Å². The molecule has 0 saturated carbocycles. The van der Waals surface area contributed by atoms with Crippen molar-refractivity contribution in [3.8, 4) is 5.75 Å². The molecule has 1 aliphatic heterocycles. The van der Waals surface area contributed by atoms with Gasteiger partial charge in [0.2, 0.25) is 0 Å². The summed E-state index contributed by atoms with van der Waals surface area (Å²) >= 11 is 0. The Hall–Kier alpha value is -1.71. The Bertz CT molecular complexity index is 691. The third-order valence-corrected chi connectivity index (χ3v) is 4.44. The molecule has 0 bridgehead atoms. The van der Waals surface area contributed by atoms with Gasteiger partial charge in [-0.3, -0.25) is 0 Å². The molecule has 1 atom stereocenters. The number of nitrogens with zero attached hydrogens (tertiary/aromatic N) is 1. The summed E-state index contributed by atoms with van der Waals surface area (Å²) < 4.78 is 46.8. The SMILES string of the molecule is COc1ccc(C2=NO[C@@H](CNS(=O)(=O)NC(C)C)C2)cc1F. The first kappa shape index (κ1) is 17.6. The second kappa shape index (κ2) is 7.24. The van der Waals surface area contributed by atoms with E-state index in [-0.39, 0.29) is 18.3 Å². The largest absolute Gasteiger partial charge is 0.494 e. The molecule has 0 amide bonds. The predicted molar refractivity (Wildman–Crippen MR) is 84.2 cm³/mol. The molecule has 0 aromatic heterocycles. The molecule has 7 nitrogen and oxygen atoms in total. The number of hydrogen-bond donors (Lipinski definition) is 2. The van der Waals surface area contributed by atoms with E-state index in [4.69, 9.17) is 9.57 Å². The van der Waals surface area contributed by atoms with Gasteiger partial charge in [-0.25, -0.2) is 4.39 Å². The Morgan fingerprint density at radius 3 is 2.83 bits per heavy atom. The van der Waals surface area contributed by atoms with E-state index in [0.717, 1.165) is 0 Å². The van der Waals surface area contributed by atoms with Gasteiger partial charge in [-0.05, 0) is 32.0 Å². The van der Waals surface area contributed by atoms with E-state index in [0.29, 0.717) is 17.7 Å². The summed E-state index contributed by atoms with van der Waals surface area (Å²) in [6, 6.07) is 4.30. The Balaban J connectivity index is 1.92. The lowest BCUT2D eigenvalue weighted by Crippen LogP contribution is -2.43. The van der Waals surface area contributed by atoms with Gasteiger partial charge in [0.25, 0.3) is 10.2 Å². The summed E-state index contributed by atoms with van der Waals surface area (Å²) in [5.41, 5.74) is 1.14. The van der Waals surface area contributed by atoms with Crippen molar-refractivity contribution in [2.24, 2.45) is 5.16 Å². The maximum atomic E-state index is 13.7. The van der Waals surface area contributed by atoms with E-state index in [1.54, 1.807) is 19.9 Å². The molecule has 1 aromatic carbocycles. The fourth-order valence-corrected chi connectivity index (χ4v) is 3.22. The molecular formula is C14H20FN3O4S. The van der Waals surface area contributed by atoms with Gasteiger partial charge < -0.3 is 9.57 Å². The van der Waals surface area contributed by atoms with Crippen LogP contribution in [-0.2, 0) is 15.0 Å². The first-order chi connectivity index (χ1) is 10.8. The second-order valence-electron chi connectivity index (χ2n) is 5.44. The fourth-order valence-electron chi connectivity index (χ4n) is 2.11. The van der Waals surface area contributed by atoms with Gasteiger partial charge >= 0.3 is 0 Å². The first-order valence-corrected chi connectivity index (χ1v) is 8.62. The summed E-state index contributed by atoms with van der Waals surface area (Å²) in [6.07, 6.45) is -0.0467. The zero-order valence-electron chi connectivity index (χ0n) is 13.2. The Labute approximate surface area is 135 Å². The fraction of sp³-hybridized carbons (Fsp3) is 0.500. The molecule has 2 N–H and O–H groups in total. The van der Waals surface area contributed by atoms with E-state index < -0.39 is 22.1 Å². The number of benzene rings is 1. The Morgan fingerprint density at radius 1 is 1.48 bits per heavy atom. The quantitative estimate of drug-likeness (QED) is 0.776. The maximum absolute atomic E-state index is 13.7. The van der Waals surface area contributed by atoms with Crippen LogP contribution in [-0.4, -0.2) is 39.9 Å². The number of halogens is 1. The van der Waals surface area contributed by atoms with Crippen LogP contribution in [0.4, 0.5) is 4.39 Å². The van der Waals surface area contributed by atoms with E-state index in [9.17, 15) is 12.8 Å². The number of oxime groups is 1. The van der Waals surface area contributed by atoms with Gasteiger partial charge in [-0.15, -0.1) is 0 Å². The number of ether oxygens (including phenoxy) is 1. The second-order valence-corrected chi connectivity index (χ2v) is 6.97. The molecule has 0 unspecified atom stereocenters. The van der Waals surface area contributed by atoms with Gasteiger partial charge in [0, 0.05) is 18.0 Å². The minimum absolute atomic E-state index is 0.0771. The van der Waals surface area contributed by atoms with Crippen molar-refractivity contribution in [3.63, 3.8) is 0 Å². The molecule has 2 rings (SSSR count).